The third-order valence-electron chi connectivity index (χ3n) is 2.51. The highest BCUT2D eigenvalue weighted by Gasteiger charge is 2.16. The average Bonchev–Trinajstić information content (AvgIpc) is 2.51. The standard InChI is InChI=1S/C11H18ClNO/c1-3-8(4-2)11-10(12)7-9(14-11)5-6-13/h7-8H,3-6,13H2,1-2H3. The summed E-state index contributed by atoms with van der Waals surface area (Å²) in [6.07, 6.45) is 2.89. The summed E-state index contributed by atoms with van der Waals surface area (Å²) in [5.41, 5.74) is 5.46. The molecule has 1 aromatic heterocycles. The van der Waals surface area contributed by atoms with Crippen LogP contribution < -0.4 is 5.73 Å². The lowest BCUT2D eigenvalue weighted by Crippen LogP contribution is -2.01. The first-order chi connectivity index (χ1) is 6.72. The summed E-state index contributed by atoms with van der Waals surface area (Å²) in [7, 11) is 0. The van der Waals surface area contributed by atoms with E-state index in [4.69, 9.17) is 21.8 Å². The van der Waals surface area contributed by atoms with Crippen molar-refractivity contribution in [1.82, 2.24) is 0 Å². The predicted octanol–water partition coefficient (Wildman–Crippen LogP) is 3.34. The van der Waals surface area contributed by atoms with E-state index in [1.54, 1.807) is 0 Å². The second kappa shape index (κ2) is 5.42. The first-order valence-corrected chi connectivity index (χ1v) is 5.58. The fraction of sp³-hybridized carbons (Fsp3) is 0.636. The van der Waals surface area contributed by atoms with E-state index in [0.717, 1.165) is 35.8 Å². The van der Waals surface area contributed by atoms with Crippen LogP contribution in [0.5, 0.6) is 0 Å². The molecule has 1 aromatic rings. The van der Waals surface area contributed by atoms with Gasteiger partial charge < -0.3 is 10.2 Å². The summed E-state index contributed by atoms with van der Waals surface area (Å²) in [4.78, 5) is 0. The minimum atomic E-state index is 0.439. The second-order valence-electron chi connectivity index (χ2n) is 3.48. The Morgan fingerprint density at radius 3 is 2.57 bits per heavy atom. The molecule has 1 heterocycles. The smallest absolute Gasteiger partial charge is 0.125 e. The van der Waals surface area contributed by atoms with Crippen molar-refractivity contribution >= 4 is 11.6 Å². The van der Waals surface area contributed by atoms with Gasteiger partial charge in [-0.1, -0.05) is 25.4 Å². The highest BCUT2D eigenvalue weighted by Crippen LogP contribution is 2.32. The molecule has 0 radical (unpaired) electrons. The van der Waals surface area contributed by atoms with Gasteiger partial charge >= 0.3 is 0 Å². The van der Waals surface area contributed by atoms with Crippen molar-refractivity contribution in [2.24, 2.45) is 5.73 Å². The maximum Gasteiger partial charge on any atom is 0.125 e. The third kappa shape index (κ3) is 2.52. The van der Waals surface area contributed by atoms with Crippen LogP contribution in [0.15, 0.2) is 10.5 Å². The van der Waals surface area contributed by atoms with Crippen LogP contribution >= 0.6 is 11.6 Å². The molecule has 2 N–H and O–H groups in total. The van der Waals surface area contributed by atoms with E-state index in [2.05, 4.69) is 13.8 Å². The van der Waals surface area contributed by atoms with Crippen LogP contribution in [0.1, 0.15) is 44.1 Å². The second-order valence-corrected chi connectivity index (χ2v) is 3.88. The Bertz CT molecular complexity index is 279. The van der Waals surface area contributed by atoms with Crippen LogP contribution in [0.4, 0.5) is 0 Å². The van der Waals surface area contributed by atoms with Gasteiger partial charge in [0.2, 0.25) is 0 Å². The zero-order valence-electron chi connectivity index (χ0n) is 8.85. The number of furan rings is 1. The van der Waals surface area contributed by atoms with Gasteiger partial charge in [0.15, 0.2) is 0 Å². The molecule has 2 nitrogen and oxygen atoms in total. The Labute approximate surface area is 90.4 Å². The van der Waals surface area contributed by atoms with Crippen molar-refractivity contribution in [1.29, 1.82) is 0 Å². The molecule has 0 saturated heterocycles. The maximum atomic E-state index is 6.10. The van der Waals surface area contributed by atoms with Crippen molar-refractivity contribution in [2.45, 2.75) is 39.0 Å². The normalized spacial score (nSPS) is 11.2. The Morgan fingerprint density at radius 1 is 1.43 bits per heavy atom. The van der Waals surface area contributed by atoms with Gasteiger partial charge in [0.25, 0.3) is 0 Å². The molecule has 14 heavy (non-hydrogen) atoms. The Balaban J connectivity index is 2.85. The summed E-state index contributed by atoms with van der Waals surface area (Å²) >= 11 is 6.10. The summed E-state index contributed by atoms with van der Waals surface area (Å²) in [6, 6.07) is 1.89. The van der Waals surface area contributed by atoms with Crippen molar-refractivity contribution < 1.29 is 4.42 Å². The summed E-state index contributed by atoms with van der Waals surface area (Å²) in [5, 5.41) is 0.752. The van der Waals surface area contributed by atoms with E-state index < -0.39 is 0 Å². The molecule has 1 rings (SSSR count). The van der Waals surface area contributed by atoms with Crippen LogP contribution in [0, 0.1) is 0 Å². The van der Waals surface area contributed by atoms with Gasteiger partial charge in [0.05, 0.1) is 5.02 Å². The first kappa shape index (κ1) is 11.6. The Morgan fingerprint density at radius 2 is 2.07 bits per heavy atom. The summed E-state index contributed by atoms with van der Waals surface area (Å²) in [6.45, 7) is 4.90. The molecular weight excluding hydrogens is 198 g/mol. The summed E-state index contributed by atoms with van der Waals surface area (Å²) < 4.78 is 5.69. The molecule has 0 amide bonds. The molecule has 0 aromatic carbocycles. The molecule has 0 aliphatic heterocycles. The van der Waals surface area contributed by atoms with Gasteiger partial charge in [-0.2, -0.15) is 0 Å². The van der Waals surface area contributed by atoms with E-state index >= 15 is 0 Å². The van der Waals surface area contributed by atoms with Crippen LogP contribution in [0.25, 0.3) is 0 Å². The number of halogens is 1. The van der Waals surface area contributed by atoms with Crippen molar-refractivity contribution in [3.05, 3.63) is 22.6 Å². The number of nitrogens with two attached hydrogens (primary N) is 1. The molecule has 0 saturated carbocycles. The Kier molecular flexibility index (Phi) is 4.49. The van der Waals surface area contributed by atoms with Crippen LogP contribution in [-0.4, -0.2) is 6.54 Å². The van der Waals surface area contributed by atoms with Gasteiger partial charge in [-0.05, 0) is 25.5 Å². The third-order valence-corrected chi connectivity index (χ3v) is 2.81. The van der Waals surface area contributed by atoms with E-state index in [9.17, 15) is 0 Å². The molecule has 0 aliphatic rings. The maximum absolute atomic E-state index is 6.10. The molecule has 0 unspecified atom stereocenters. The topological polar surface area (TPSA) is 39.2 Å². The highest BCUT2D eigenvalue weighted by molar-refractivity contribution is 6.31. The Hall–Kier alpha value is -0.470. The van der Waals surface area contributed by atoms with Crippen LogP contribution in [0.2, 0.25) is 5.02 Å². The molecule has 0 fully saturated rings. The van der Waals surface area contributed by atoms with E-state index in [1.165, 1.54) is 0 Å². The molecule has 0 spiro atoms. The van der Waals surface area contributed by atoms with Crippen LogP contribution in [-0.2, 0) is 6.42 Å². The van der Waals surface area contributed by atoms with Crippen LogP contribution in [0.3, 0.4) is 0 Å². The zero-order chi connectivity index (χ0) is 10.6. The minimum Gasteiger partial charge on any atom is -0.464 e. The molecular formula is C11H18ClNO. The highest BCUT2D eigenvalue weighted by atomic mass is 35.5. The minimum absolute atomic E-state index is 0.439. The fourth-order valence-corrected chi connectivity index (χ4v) is 1.95. The first-order valence-electron chi connectivity index (χ1n) is 5.21. The SMILES string of the molecule is CCC(CC)c1oc(CCN)cc1Cl. The van der Waals surface area contributed by atoms with E-state index in [1.807, 2.05) is 6.07 Å². The number of rotatable bonds is 5. The van der Waals surface area contributed by atoms with E-state index in [0.29, 0.717) is 12.5 Å². The molecule has 0 bridgehead atoms. The lowest BCUT2D eigenvalue weighted by molar-refractivity contribution is 0.419. The quantitative estimate of drug-likeness (QED) is 0.819. The van der Waals surface area contributed by atoms with Crippen molar-refractivity contribution in [3.63, 3.8) is 0 Å². The fourth-order valence-electron chi connectivity index (χ4n) is 1.64. The van der Waals surface area contributed by atoms with Crippen molar-refractivity contribution in [2.75, 3.05) is 6.54 Å². The summed E-state index contributed by atoms with van der Waals surface area (Å²) in [5.74, 6) is 2.27. The molecule has 80 valence electrons. The average molecular weight is 216 g/mol. The van der Waals surface area contributed by atoms with Gasteiger partial charge in [0.1, 0.15) is 11.5 Å². The van der Waals surface area contributed by atoms with E-state index in [-0.39, 0.29) is 0 Å². The molecule has 3 heteroatoms. The van der Waals surface area contributed by atoms with Gasteiger partial charge in [-0.15, -0.1) is 0 Å². The largest absolute Gasteiger partial charge is 0.464 e. The van der Waals surface area contributed by atoms with Crippen molar-refractivity contribution in [3.8, 4) is 0 Å². The number of hydrogen-bond acceptors (Lipinski definition) is 2. The van der Waals surface area contributed by atoms with Gasteiger partial charge in [0, 0.05) is 12.3 Å². The lowest BCUT2D eigenvalue weighted by Gasteiger charge is -2.08. The molecule has 0 aliphatic carbocycles. The molecule has 0 atom stereocenters. The van der Waals surface area contributed by atoms with Gasteiger partial charge in [-0.25, -0.2) is 0 Å². The predicted molar refractivity (Wildman–Crippen MR) is 59.8 cm³/mol. The zero-order valence-corrected chi connectivity index (χ0v) is 9.60. The lowest BCUT2D eigenvalue weighted by atomic mass is 10.0. The van der Waals surface area contributed by atoms with Gasteiger partial charge in [-0.3, -0.25) is 0 Å². The monoisotopic (exact) mass is 215 g/mol. The number of hydrogen-bond donors (Lipinski definition) is 1.